The highest BCUT2D eigenvalue weighted by Crippen LogP contribution is 2.53. The van der Waals surface area contributed by atoms with Gasteiger partial charge >= 0.3 is 6.16 Å². The van der Waals surface area contributed by atoms with Crippen LogP contribution in [0.25, 0.3) is 0 Å². The van der Waals surface area contributed by atoms with Gasteiger partial charge < -0.3 is 14.2 Å². The number of fused-ring (bicyclic) bond motifs is 3. The van der Waals surface area contributed by atoms with Gasteiger partial charge in [-0.1, -0.05) is 25.0 Å². The van der Waals surface area contributed by atoms with Crippen molar-refractivity contribution in [1.29, 1.82) is 0 Å². The first-order valence-corrected chi connectivity index (χ1v) is 11.3. The summed E-state index contributed by atoms with van der Waals surface area (Å²) in [4.78, 5) is 23.0. The molecule has 0 spiro atoms. The summed E-state index contributed by atoms with van der Waals surface area (Å²) < 4.78 is 17.5. The van der Waals surface area contributed by atoms with Gasteiger partial charge in [-0.2, -0.15) is 0 Å². The van der Waals surface area contributed by atoms with E-state index in [-0.39, 0.29) is 28.9 Å². The maximum absolute atomic E-state index is 12.7. The summed E-state index contributed by atoms with van der Waals surface area (Å²) in [5.74, 6) is 1.71. The topological polar surface area (TPSA) is 87.9 Å². The number of carbonyl (C=O) groups is 1. The van der Waals surface area contributed by atoms with E-state index in [1.807, 2.05) is 6.07 Å². The molecule has 0 amide bonds. The highest BCUT2D eigenvalue weighted by molar-refractivity contribution is 5.69. The van der Waals surface area contributed by atoms with Gasteiger partial charge in [-0.15, -0.1) is 0 Å². The monoisotopic (exact) mass is 451 g/mol. The molecule has 7 heteroatoms. The fourth-order valence-electron chi connectivity index (χ4n) is 4.92. The third-order valence-electron chi connectivity index (χ3n) is 6.49. The number of rotatable bonds is 5. The number of nitrogens with zero attached hydrogens (tertiary/aromatic N) is 1. The Morgan fingerprint density at radius 2 is 1.94 bits per heavy atom. The van der Waals surface area contributed by atoms with E-state index in [0.29, 0.717) is 5.75 Å². The largest absolute Gasteiger partial charge is 0.519 e. The number of aryl methyl sites for hydroxylation is 1. The summed E-state index contributed by atoms with van der Waals surface area (Å²) in [6.07, 6.45) is 5.18. The molecular weight excluding hydrogens is 422 g/mol. The number of ether oxygens (including phenoxy) is 3. The third-order valence-corrected chi connectivity index (χ3v) is 6.49. The minimum Gasteiger partial charge on any atom is -0.487 e. The van der Waals surface area contributed by atoms with Gasteiger partial charge in [0.1, 0.15) is 22.8 Å². The second kappa shape index (κ2) is 8.89. The van der Waals surface area contributed by atoms with Gasteiger partial charge in [-0.05, 0) is 69.9 Å². The van der Waals surface area contributed by atoms with E-state index < -0.39 is 11.1 Å². The van der Waals surface area contributed by atoms with Crippen LogP contribution in [-0.4, -0.2) is 16.7 Å². The first-order valence-electron chi connectivity index (χ1n) is 11.3. The molecule has 2 atom stereocenters. The summed E-state index contributed by atoms with van der Waals surface area (Å²) in [7, 11) is 0. The van der Waals surface area contributed by atoms with Crippen LogP contribution >= 0.6 is 0 Å². The second-order valence-corrected chi connectivity index (χ2v) is 9.35. The third kappa shape index (κ3) is 4.72. The smallest absolute Gasteiger partial charge is 0.487 e. The molecule has 0 bridgehead atoms. The van der Waals surface area contributed by atoms with Crippen LogP contribution in [0.3, 0.4) is 0 Å². The first-order chi connectivity index (χ1) is 15.7. The minimum atomic E-state index is -0.891. The van der Waals surface area contributed by atoms with Crippen LogP contribution in [0.2, 0.25) is 0 Å². The predicted octanol–water partition coefficient (Wildman–Crippen LogP) is 6.74. The number of benzene rings is 2. The molecule has 0 fully saturated rings. The standard InChI is InChI=1S/C26H29NO6/c1-5-6-17-14-22(32-25(28)31-19-10-8-18(9-11-19)27(29)30)24-20-13-16(2)7-12-21(20)26(3,4)33-23(24)15-17/h8-11,13-15,20-21H,5-7,12H2,1-4H3/t20-,21-/m1/s1. The molecule has 1 aliphatic heterocycles. The fourth-order valence-corrected chi connectivity index (χ4v) is 4.92. The van der Waals surface area contributed by atoms with E-state index in [1.54, 1.807) is 0 Å². The van der Waals surface area contributed by atoms with Crippen LogP contribution in [0.15, 0.2) is 48.0 Å². The maximum atomic E-state index is 12.7. The van der Waals surface area contributed by atoms with E-state index >= 15 is 0 Å². The zero-order valence-corrected chi connectivity index (χ0v) is 19.4. The molecule has 174 valence electrons. The Morgan fingerprint density at radius 1 is 1.21 bits per heavy atom. The highest BCUT2D eigenvalue weighted by atomic mass is 16.7. The molecule has 2 aromatic carbocycles. The number of allylic oxidation sites excluding steroid dienone is 2. The van der Waals surface area contributed by atoms with Crippen molar-refractivity contribution in [3.63, 3.8) is 0 Å². The van der Waals surface area contributed by atoms with E-state index in [1.165, 1.54) is 29.8 Å². The Bertz CT molecular complexity index is 1100. The summed E-state index contributed by atoms with van der Waals surface area (Å²) in [5, 5.41) is 10.8. The number of hydrogen-bond donors (Lipinski definition) is 0. The SMILES string of the molecule is CCCc1cc(OC(=O)Oc2ccc([N+](=O)[O-])cc2)c2c(c1)OC(C)(C)[C@@H]1CCC(C)=C[C@@H]21. The van der Waals surface area contributed by atoms with Gasteiger partial charge in [0.15, 0.2) is 0 Å². The first kappa shape index (κ1) is 22.8. The lowest BCUT2D eigenvalue weighted by Crippen LogP contribution is -2.45. The Labute approximate surface area is 193 Å². The average Bonchev–Trinajstić information content (AvgIpc) is 2.73. The van der Waals surface area contributed by atoms with Crippen LogP contribution in [0.5, 0.6) is 17.2 Å². The number of nitro benzene ring substituents is 1. The molecule has 33 heavy (non-hydrogen) atoms. The summed E-state index contributed by atoms with van der Waals surface area (Å²) >= 11 is 0. The molecule has 0 saturated heterocycles. The molecule has 1 heterocycles. The maximum Gasteiger partial charge on any atom is 0.519 e. The van der Waals surface area contributed by atoms with Crippen molar-refractivity contribution in [1.82, 2.24) is 0 Å². The normalized spacial score (nSPS) is 20.5. The minimum absolute atomic E-state index is 0.0790. The van der Waals surface area contributed by atoms with E-state index in [4.69, 9.17) is 14.2 Å². The van der Waals surface area contributed by atoms with Crippen LogP contribution in [0, 0.1) is 16.0 Å². The van der Waals surface area contributed by atoms with Gasteiger partial charge in [-0.25, -0.2) is 4.79 Å². The van der Waals surface area contributed by atoms with Crippen molar-refractivity contribution < 1.29 is 23.9 Å². The van der Waals surface area contributed by atoms with E-state index in [0.717, 1.165) is 42.6 Å². The Hall–Kier alpha value is -3.35. The van der Waals surface area contributed by atoms with Crippen molar-refractivity contribution in [2.24, 2.45) is 5.92 Å². The van der Waals surface area contributed by atoms with Gasteiger partial charge in [-0.3, -0.25) is 10.1 Å². The fraction of sp³-hybridized carbons (Fsp3) is 0.423. The van der Waals surface area contributed by atoms with Crippen molar-refractivity contribution >= 4 is 11.8 Å². The number of non-ortho nitro benzene ring substituents is 1. The summed E-state index contributed by atoms with van der Waals surface area (Å²) in [6.45, 7) is 8.47. The lowest BCUT2D eigenvalue weighted by atomic mass is 9.68. The summed E-state index contributed by atoms with van der Waals surface area (Å²) in [5.41, 5.74) is 2.80. The van der Waals surface area contributed by atoms with Crippen molar-refractivity contribution in [2.45, 2.75) is 64.9 Å². The quantitative estimate of drug-likeness (QED) is 0.165. The molecule has 0 saturated carbocycles. The summed E-state index contributed by atoms with van der Waals surface area (Å²) in [6, 6.07) is 9.26. The molecule has 7 nitrogen and oxygen atoms in total. The van der Waals surface area contributed by atoms with Crippen LogP contribution in [0.4, 0.5) is 10.5 Å². The molecule has 0 aromatic heterocycles. The van der Waals surface area contributed by atoms with Gasteiger partial charge in [0, 0.05) is 29.5 Å². The molecule has 0 N–H and O–H groups in total. The average molecular weight is 452 g/mol. The zero-order chi connectivity index (χ0) is 23.8. The van der Waals surface area contributed by atoms with Crippen molar-refractivity contribution in [3.8, 4) is 17.2 Å². The number of nitro groups is 1. The molecule has 2 aliphatic rings. The van der Waals surface area contributed by atoms with Crippen molar-refractivity contribution in [2.75, 3.05) is 0 Å². The Morgan fingerprint density at radius 3 is 2.61 bits per heavy atom. The molecule has 4 rings (SSSR count). The molecule has 0 unspecified atom stereocenters. The van der Waals surface area contributed by atoms with E-state index in [9.17, 15) is 14.9 Å². The number of carbonyl (C=O) groups excluding carboxylic acids is 1. The van der Waals surface area contributed by atoms with Gasteiger partial charge in [0.25, 0.3) is 5.69 Å². The van der Waals surface area contributed by atoms with Gasteiger partial charge in [0.05, 0.1) is 4.92 Å². The van der Waals surface area contributed by atoms with Crippen LogP contribution in [-0.2, 0) is 6.42 Å². The lowest BCUT2D eigenvalue weighted by molar-refractivity contribution is -0.384. The van der Waals surface area contributed by atoms with Crippen LogP contribution in [0.1, 0.15) is 64.0 Å². The second-order valence-electron chi connectivity index (χ2n) is 9.35. The predicted molar refractivity (Wildman–Crippen MR) is 124 cm³/mol. The number of hydrogen-bond acceptors (Lipinski definition) is 6. The highest BCUT2D eigenvalue weighted by Gasteiger charge is 2.45. The molecule has 0 radical (unpaired) electrons. The van der Waals surface area contributed by atoms with Gasteiger partial charge in [0.2, 0.25) is 0 Å². The zero-order valence-electron chi connectivity index (χ0n) is 19.4. The van der Waals surface area contributed by atoms with Crippen LogP contribution < -0.4 is 14.2 Å². The molecular formula is C26H29NO6. The van der Waals surface area contributed by atoms with Crippen molar-refractivity contribution in [3.05, 3.63) is 69.3 Å². The van der Waals surface area contributed by atoms with E-state index in [2.05, 4.69) is 39.8 Å². The lowest BCUT2D eigenvalue weighted by Gasteiger charge is -2.46. The molecule has 2 aromatic rings. The Kier molecular flexibility index (Phi) is 6.15. The Balaban J connectivity index is 1.67. The molecule has 1 aliphatic carbocycles.